The van der Waals surface area contributed by atoms with Crippen LogP contribution in [0.1, 0.15) is 63.2 Å². The van der Waals surface area contributed by atoms with Crippen molar-refractivity contribution in [3.63, 3.8) is 0 Å². The Hall–Kier alpha value is -3.68. The van der Waals surface area contributed by atoms with Crippen LogP contribution < -0.4 is 35.9 Å². The summed E-state index contributed by atoms with van der Waals surface area (Å²) in [4.78, 5) is 0. The van der Waals surface area contributed by atoms with Crippen LogP contribution >= 0.6 is 0 Å². The van der Waals surface area contributed by atoms with E-state index in [2.05, 4.69) is 22.0 Å². The Morgan fingerprint density at radius 2 is 1.89 bits per heavy atom. The molecule has 0 aromatic heterocycles. The lowest BCUT2D eigenvalue weighted by atomic mass is 9.93. The van der Waals surface area contributed by atoms with Crippen molar-refractivity contribution in [3.05, 3.63) is 65.0 Å². The van der Waals surface area contributed by atoms with E-state index in [0.717, 1.165) is 37.1 Å². The summed E-state index contributed by atoms with van der Waals surface area (Å²) < 4.78 is 23.8. The van der Waals surface area contributed by atoms with E-state index >= 15 is 0 Å². The van der Waals surface area contributed by atoms with Gasteiger partial charge >= 0.3 is 0 Å². The van der Waals surface area contributed by atoms with Gasteiger partial charge in [0.1, 0.15) is 13.3 Å². The summed E-state index contributed by atoms with van der Waals surface area (Å²) in [6, 6.07) is 8.78. The third-order valence-electron chi connectivity index (χ3n) is 8.31. The van der Waals surface area contributed by atoms with E-state index in [1.165, 1.54) is 12.7 Å². The number of phenolic OH excluding ortho intramolecular Hbond substituents is 2. The van der Waals surface area contributed by atoms with Crippen LogP contribution in [-0.2, 0) is 11.2 Å². The summed E-state index contributed by atoms with van der Waals surface area (Å²) >= 11 is 0. The Kier molecular flexibility index (Phi) is 13.9. The standard InChI is InChI=1S/C35H52N4O8/c1-4-38-26(8-5-24-11-12-39-34(36)14-24)20-45-33-16-25(15-32(44-3)35(33)43)30-18-27(41)17-28(47-30)9-6-23-7-10-29(42)31(13-23)46-21-37-19-22(2)40/h7,10-11,13-16,22,26-28,30,37-43H,4-6,8-9,12,17-21,36H2,1-3H3/t22-,26+,27-,28-,30-/m0/s1. The molecule has 2 heterocycles. The number of aromatic hydroxyl groups is 2. The van der Waals surface area contributed by atoms with Crippen LogP contribution in [0.25, 0.3) is 0 Å². The number of aryl methyl sites for hydroxylation is 1. The average molecular weight is 657 g/mol. The molecule has 1 saturated heterocycles. The van der Waals surface area contributed by atoms with Crippen LogP contribution in [-0.4, -0.2) is 84.9 Å². The molecule has 0 saturated carbocycles. The first-order valence-corrected chi connectivity index (χ1v) is 16.5. The van der Waals surface area contributed by atoms with Crippen molar-refractivity contribution in [3.8, 4) is 28.7 Å². The second-order valence-electron chi connectivity index (χ2n) is 12.2. The number of aliphatic hydroxyl groups excluding tert-OH is 2. The van der Waals surface area contributed by atoms with E-state index in [1.54, 1.807) is 31.2 Å². The predicted molar refractivity (Wildman–Crippen MR) is 180 cm³/mol. The lowest BCUT2D eigenvalue weighted by molar-refractivity contribution is -0.0999. The van der Waals surface area contributed by atoms with Gasteiger partial charge in [0.2, 0.25) is 5.75 Å². The lowest BCUT2D eigenvalue weighted by Gasteiger charge is -2.34. The zero-order valence-corrected chi connectivity index (χ0v) is 27.7. The Morgan fingerprint density at radius 1 is 1.09 bits per heavy atom. The van der Waals surface area contributed by atoms with Gasteiger partial charge in [-0.15, -0.1) is 0 Å². The highest BCUT2D eigenvalue weighted by atomic mass is 16.5. The topological polar surface area (TPSA) is 180 Å². The maximum Gasteiger partial charge on any atom is 0.200 e. The third kappa shape index (κ3) is 11.2. The second-order valence-corrected chi connectivity index (χ2v) is 12.2. The van der Waals surface area contributed by atoms with Crippen LogP contribution in [0.3, 0.4) is 0 Å². The van der Waals surface area contributed by atoms with Gasteiger partial charge in [0.05, 0.1) is 37.3 Å². The fourth-order valence-electron chi connectivity index (χ4n) is 5.85. The Bertz CT molecular complexity index is 1350. The van der Waals surface area contributed by atoms with Crippen molar-refractivity contribution in [1.82, 2.24) is 16.0 Å². The SMILES string of the molecule is CCN[C@H](CCC1=CCNC(N)=C1)COc1cc([C@@H]2C[C@@H](O)C[C@H](CCc3ccc(O)c(OCNC[C@H](C)O)c3)O2)cc(OC)c1O. The van der Waals surface area contributed by atoms with Gasteiger partial charge < -0.3 is 55.7 Å². The van der Waals surface area contributed by atoms with Gasteiger partial charge in [-0.1, -0.05) is 19.1 Å². The molecule has 2 aromatic rings. The molecule has 0 radical (unpaired) electrons. The normalized spacial score (nSPS) is 20.8. The van der Waals surface area contributed by atoms with E-state index in [1.807, 2.05) is 19.1 Å². The number of methoxy groups -OCH3 is 1. The number of phenols is 2. The summed E-state index contributed by atoms with van der Waals surface area (Å²) in [5, 5.41) is 50.9. The quantitative estimate of drug-likeness (QED) is 0.0870. The second kappa shape index (κ2) is 18.0. The van der Waals surface area contributed by atoms with Gasteiger partial charge in [-0.2, -0.15) is 0 Å². The molecular formula is C35H52N4O8. The molecule has 9 N–H and O–H groups in total. The van der Waals surface area contributed by atoms with Crippen LogP contribution in [0.15, 0.2) is 53.9 Å². The van der Waals surface area contributed by atoms with Gasteiger partial charge in [0.25, 0.3) is 0 Å². The number of nitrogens with one attached hydrogen (secondary N) is 3. The van der Waals surface area contributed by atoms with Crippen LogP contribution in [0, 0.1) is 0 Å². The minimum Gasteiger partial charge on any atom is -0.504 e. The maximum atomic E-state index is 10.9. The highest BCUT2D eigenvalue weighted by Gasteiger charge is 2.31. The molecular weight excluding hydrogens is 604 g/mol. The lowest BCUT2D eigenvalue weighted by Crippen LogP contribution is -2.35. The van der Waals surface area contributed by atoms with Crippen LogP contribution in [0.2, 0.25) is 0 Å². The molecule has 2 aromatic carbocycles. The summed E-state index contributed by atoms with van der Waals surface area (Å²) in [6.45, 7) is 6.09. The first-order valence-electron chi connectivity index (χ1n) is 16.5. The monoisotopic (exact) mass is 656 g/mol. The molecule has 0 aliphatic carbocycles. The number of hydrogen-bond donors (Lipinski definition) is 8. The molecule has 12 nitrogen and oxygen atoms in total. The Labute approximate surface area is 277 Å². The van der Waals surface area contributed by atoms with Crippen molar-refractivity contribution in [2.24, 2.45) is 5.73 Å². The van der Waals surface area contributed by atoms with Gasteiger partial charge in [-0.3, -0.25) is 5.32 Å². The molecule has 0 spiro atoms. The summed E-state index contributed by atoms with van der Waals surface area (Å²) in [6.07, 6.45) is 6.25. The first-order chi connectivity index (χ1) is 22.6. The number of ether oxygens (including phenoxy) is 4. The summed E-state index contributed by atoms with van der Waals surface area (Å²) in [5.41, 5.74) is 8.82. The summed E-state index contributed by atoms with van der Waals surface area (Å²) in [5.74, 6) is 1.55. The molecule has 4 rings (SSSR count). The molecule has 0 bridgehead atoms. The number of hydrogen-bond acceptors (Lipinski definition) is 12. The minimum absolute atomic E-state index is 0.0367. The molecule has 1 fully saturated rings. The predicted octanol–water partition coefficient (Wildman–Crippen LogP) is 3.09. The van der Waals surface area contributed by atoms with Gasteiger partial charge in [0, 0.05) is 25.6 Å². The Balaban J connectivity index is 1.38. The van der Waals surface area contributed by atoms with Gasteiger partial charge in [-0.05, 0) is 92.6 Å². The molecule has 5 atom stereocenters. The van der Waals surface area contributed by atoms with E-state index in [0.29, 0.717) is 56.2 Å². The van der Waals surface area contributed by atoms with E-state index in [4.69, 9.17) is 24.7 Å². The number of rotatable bonds is 18. The van der Waals surface area contributed by atoms with Crippen molar-refractivity contribution in [2.45, 2.75) is 82.8 Å². The van der Waals surface area contributed by atoms with E-state index in [-0.39, 0.29) is 36.1 Å². The van der Waals surface area contributed by atoms with Crippen molar-refractivity contribution < 1.29 is 39.4 Å². The minimum atomic E-state index is -0.563. The fraction of sp³-hybridized carbons (Fsp3) is 0.543. The van der Waals surface area contributed by atoms with Crippen molar-refractivity contribution >= 4 is 0 Å². The average Bonchev–Trinajstić information content (AvgIpc) is 3.04. The van der Waals surface area contributed by atoms with Crippen LogP contribution in [0.5, 0.6) is 28.7 Å². The number of allylic oxidation sites excluding steroid dienone is 2. The number of benzene rings is 2. The zero-order valence-electron chi connectivity index (χ0n) is 27.7. The largest absolute Gasteiger partial charge is 0.504 e. The van der Waals surface area contributed by atoms with E-state index < -0.39 is 18.3 Å². The zero-order chi connectivity index (χ0) is 33.8. The smallest absolute Gasteiger partial charge is 0.200 e. The number of likely N-dealkylation sites (N-methyl/N-ethyl adjacent to an activating group) is 1. The van der Waals surface area contributed by atoms with Gasteiger partial charge in [0.15, 0.2) is 23.0 Å². The first kappa shape index (κ1) is 36.2. The molecule has 2 aliphatic heterocycles. The van der Waals surface area contributed by atoms with Gasteiger partial charge in [-0.25, -0.2) is 0 Å². The molecule has 2 aliphatic rings. The number of dihydropyridines is 1. The Morgan fingerprint density at radius 3 is 2.64 bits per heavy atom. The highest BCUT2D eigenvalue weighted by Crippen LogP contribution is 2.42. The van der Waals surface area contributed by atoms with E-state index in [9.17, 15) is 20.4 Å². The maximum absolute atomic E-state index is 10.9. The number of aliphatic hydroxyl groups is 2. The van der Waals surface area contributed by atoms with Crippen molar-refractivity contribution in [2.75, 3.05) is 40.1 Å². The molecule has 0 unspecified atom stereocenters. The molecule has 260 valence electrons. The van der Waals surface area contributed by atoms with Crippen molar-refractivity contribution in [1.29, 1.82) is 0 Å². The molecule has 12 heteroatoms. The molecule has 47 heavy (non-hydrogen) atoms. The summed E-state index contributed by atoms with van der Waals surface area (Å²) in [7, 11) is 1.49. The third-order valence-corrected chi connectivity index (χ3v) is 8.31. The fourth-order valence-corrected chi connectivity index (χ4v) is 5.85. The van der Waals surface area contributed by atoms with Crippen LogP contribution in [0.4, 0.5) is 0 Å². The number of nitrogens with two attached hydrogens (primary N) is 1. The highest BCUT2D eigenvalue weighted by molar-refractivity contribution is 5.53. The molecule has 0 amide bonds.